The van der Waals surface area contributed by atoms with Crippen LogP contribution in [0.1, 0.15) is 13.8 Å². The van der Waals surface area contributed by atoms with Crippen molar-refractivity contribution in [2.24, 2.45) is 5.92 Å². The minimum atomic E-state index is 0. The van der Waals surface area contributed by atoms with Gasteiger partial charge >= 0.3 is 21.1 Å². The molecular formula is C7H10W. The van der Waals surface area contributed by atoms with Gasteiger partial charge in [-0.05, 0) is 0 Å². The molecule has 0 nitrogen and oxygen atoms in total. The molecule has 0 spiro atoms. The van der Waals surface area contributed by atoms with Crippen LogP contribution < -0.4 is 0 Å². The number of allylic oxidation sites excluding steroid dienone is 3. The van der Waals surface area contributed by atoms with Crippen LogP contribution in [0.15, 0.2) is 12.2 Å². The Hall–Kier alpha value is 0.168. The van der Waals surface area contributed by atoms with Crippen LogP contribution in [0.5, 0.6) is 0 Å². The normalized spacial score (nSPS) is 9.38. The molecule has 0 aromatic heterocycles. The third kappa shape index (κ3) is 9.48. The van der Waals surface area contributed by atoms with Crippen LogP contribution in [-0.4, -0.2) is 0 Å². The fourth-order valence-corrected chi connectivity index (χ4v) is 0.248. The zero-order valence-electron chi connectivity index (χ0n) is 5.22. The first-order chi connectivity index (χ1) is 3.27. The molecule has 1 heteroatoms. The summed E-state index contributed by atoms with van der Waals surface area (Å²) >= 11 is 0. The molecule has 0 aliphatic heterocycles. The Morgan fingerprint density at radius 3 is 2.12 bits per heavy atom. The van der Waals surface area contributed by atoms with Crippen molar-refractivity contribution in [1.29, 1.82) is 0 Å². The van der Waals surface area contributed by atoms with Gasteiger partial charge < -0.3 is 24.8 Å². The van der Waals surface area contributed by atoms with Crippen molar-refractivity contribution in [3.8, 4) is 0 Å². The second kappa shape index (κ2) is 7.17. The Morgan fingerprint density at radius 2 is 2.00 bits per heavy atom. The molecule has 0 aliphatic carbocycles. The van der Waals surface area contributed by atoms with Crippen molar-refractivity contribution in [2.45, 2.75) is 13.8 Å². The van der Waals surface area contributed by atoms with Gasteiger partial charge in [-0.3, -0.25) is 0 Å². The maximum absolute atomic E-state index is 5.03. The van der Waals surface area contributed by atoms with Gasteiger partial charge in [-0.2, -0.15) is 0 Å². The van der Waals surface area contributed by atoms with Crippen molar-refractivity contribution in [2.75, 3.05) is 0 Å². The van der Waals surface area contributed by atoms with Gasteiger partial charge in [0.05, 0.1) is 0 Å². The topological polar surface area (TPSA) is 0 Å². The van der Waals surface area contributed by atoms with E-state index < -0.39 is 0 Å². The first kappa shape index (κ1) is 11.0. The molecular weight excluding hydrogens is 268 g/mol. The van der Waals surface area contributed by atoms with Crippen LogP contribution in [0.25, 0.3) is 0 Å². The van der Waals surface area contributed by atoms with Crippen LogP contribution >= 0.6 is 0 Å². The number of hydrogen-bond donors (Lipinski definition) is 0. The molecule has 0 atom stereocenters. The summed E-state index contributed by atoms with van der Waals surface area (Å²) in [5.41, 5.74) is 0. The minimum absolute atomic E-state index is 0. The van der Waals surface area contributed by atoms with Crippen molar-refractivity contribution in [1.82, 2.24) is 0 Å². The van der Waals surface area contributed by atoms with Gasteiger partial charge in [-0.1, -0.05) is 13.8 Å². The van der Waals surface area contributed by atoms with Gasteiger partial charge in [-0.15, -0.1) is 5.92 Å². The summed E-state index contributed by atoms with van der Waals surface area (Å²) in [6, 6.07) is 0. The van der Waals surface area contributed by atoms with E-state index in [4.69, 9.17) is 6.58 Å². The van der Waals surface area contributed by atoms with E-state index >= 15 is 0 Å². The van der Waals surface area contributed by atoms with Crippen molar-refractivity contribution < 1.29 is 21.1 Å². The quantitative estimate of drug-likeness (QED) is 0.535. The van der Waals surface area contributed by atoms with Crippen molar-refractivity contribution in [3.63, 3.8) is 0 Å². The Balaban J connectivity index is 0. The number of hydrogen-bond acceptors (Lipinski definition) is 0. The average Bonchev–Trinajstić information content (AvgIpc) is 1.61. The molecule has 0 N–H and O–H groups in total. The molecule has 0 aromatic carbocycles. The molecule has 0 amide bonds. The smallest absolute Gasteiger partial charge is 0.394 e. The molecule has 0 bridgehead atoms. The van der Waals surface area contributed by atoms with E-state index in [0.29, 0.717) is 5.92 Å². The van der Waals surface area contributed by atoms with Gasteiger partial charge in [0.15, 0.2) is 0 Å². The predicted octanol–water partition coefficient (Wildman–Crippen LogP) is 1.99. The second-order valence-electron chi connectivity index (χ2n) is 1.68. The summed E-state index contributed by atoms with van der Waals surface area (Å²) in [5.74, 6) is 0.486. The Bertz CT molecular complexity index is 72.5. The van der Waals surface area contributed by atoms with E-state index in [1.165, 1.54) is 6.08 Å². The molecule has 44 valence electrons. The van der Waals surface area contributed by atoms with Gasteiger partial charge in [0.25, 0.3) is 0 Å². The van der Waals surface area contributed by atoms with Gasteiger partial charge in [-0.25, -0.2) is 0 Å². The van der Waals surface area contributed by atoms with E-state index in [1.54, 1.807) is 6.08 Å². The average molecular weight is 278 g/mol. The standard InChI is InChI=1S/C7H10.W/c1-4-5-6-7(2)3;/h1,4-5,7H,2-3H3;/q-2;+2. The zero-order valence-corrected chi connectivity index (χ0v) is 8.15. The van der Waals surface area contributed by atoms with Crippen molar-refractivity contribution >= 4 is 0 Å². The Kier molecular flexibility index (Phi) is 9.88. The fraction of sp³-hybridized carbons (Fsp3) is 0.429. The monoisotopic (exact) mass is 278 g/mol. The summed E-state index contributed by atoms with van der Waals surface area (Å²) in [7, 11) is 0. The number of rotatable bonds is 2. The van der Waals surface area contributed by atoms with Gasteiger partial charge in [0, 0.05) is 0 Å². The molecule has 0 aromatic rings. The molecule has 8 heavy (non-hydrogen) atoms. The van der Waals surface area contributed by atoms with E-state index in [9.17, 15) is 0 Å². The zero-order chi connectivity index (χ0) is 5.70. The molecule has 0 heterocycles. The second-order valence-corrected chi connectivity index (χ2v) is 1.68. The maximum atomic E-state index is 5.03. The SMILES string of the molecule is [CH-]=CC=[C-]C(C)C.[W+2]. The summed E-state index contributed by atoms with van der Waals surface area (Å²) in [6.45, 7) is 9.14. The van der Waals surface area contributed by atoms with E-state index in [1.807, 2.05) is 0 Å². The van der Waals surface area contributed by atoms with E-state index in [0.717, 1.165) is 0 Å². The molecule has 0 saturated heterocycles. The summed E-state index contributed by atoms with van der Waals surface area (Å²) < 4.78 is 0. The van der Waals surface area contributed by atoms with E-state index in [2.05, 4.69) is 19.9 Å². The minimum Gasteiger partial charge on any atom is -0.394 e. The third-order valence-electron chi connectivity index (χ3n) is 0.526. The van der Waals surface area contributed by atoms with Gasteiger partial charge in [0.2, 0.25) is 0 Å². The van der Waals surface area contributed by atoms with Crippen LogP contribution in [-0.2, 0) is 21.1 Å². The Morgan fingerprint density at radius 1 is 1.50 bits per heavy atom. The molecule has 0 saturated carbocycles. The molecule has 0 fully saturated rings. The first-order valence-corrected chi connectivity index (χ1v) is 2.40. The summed E-state index contributed by atoms with van der Waals surface area (Å²) in [5, 5.41) is 0. The van der Waals surface area contributed by atoms with Crippen LogP contribution in [0.3, 0.4) is 0 Å². The first-order valence-electron chi connectivity index (χ1n) is 2.40. The third-order valence-corrected chi connectivity index (χ3v) is 0.526. The Labute approximate surface area is 65.9 Å². The van der Waals surface area contributed by atoms with Crippen LogP contribution in [0.2, 0.25) is 0 Å². The van der Waals surface area contributed by atoms with E-state index in [-0.39, 0.29) is 21.1 Å². The molecule has 0 rings (SSSR count). The van der Waals surface area contributed by atoms with Crippen LogP contribution in [0.4, 0.5) is 0 Å². The molecule has 0 unspecified atom stereocenters. The van der Waals surface area contributed by atoms with Crippen molar-refractivity contribution in [3.05, 3.63) is 24.8 Å². The predicted molar refractivity (Wildman–Crippen MR) is 31.5 cm³/mol. The largest absolute Gasteiger partial charge is 2.00 e. The molecule has 0 aliphatic rings. The van der Waals surface area contributed by atoms with Gasteiger partial charge in [0.1, 0.15) is 0 Å². The summed E-state index contributed by atoms with van der Waals surface area (Å²) in [4.78, 5) is 0. The van der Waals surface area contributed by atoms with Crippen LogP contribution in [0, 0.1) is 18.6 Å². The fourth-order valence-electron chi connectivity index (χ4n) is 0.248. The summed E-state index contributed by atoms with van der Waals surface area (Å²) in [6.07, 6.45) is 6.20. The molecule has 0 radical (unpaired) electrons. The maximum Gasteiger partial charge on any atom is 2.00 e.